The molecule has 6 rings (SSSR count). The summed E-state index contributed by atoms with van der Waals surface area (Å²) in [6, 6.07) is 26.8. The maximum Gasteiger partial charge on any atom is 0.232 e. The summed E-state index contributed by atoms with van der Waals surface area (Å²) in [6.07, 6.45) is 1.24. The van der Waals surface area contributed by atoms with E-state index in [0.29, 0.717) is 29.4 Å². The van der Waals surface area contributed by atoms with Crippen LogP contribution in [0.15, 0.2) is 83.3 Å². The Morgan fingerprint density at radius 2 is 1.43 bits per heavy atom. The largest absolute Gasteiger partial charge is 0.459 e. The van der Waals surface area contributed by atoms with Gasteiger partial charge in [0.1, 0.15) is 23.2 Å². The summed E-state index contributed by atoms with van der Waals surface area (Å²) in [5.41, 5.74) is 2.32. The van der Waals surface area contributed by atoms with Crippen LogP contribution < -0.4 is 25.3 Å². The molecule has 2 aliphatic rings. The molecule has 0 saturated carbocycles. The topological polar surface area (TPSA) is 72.7 Å². The van der Waals surface area contributed by atoms with E-state index >= 15 is 0 Å². The number of rotatable bonds is 7. The molecule has 2 unspecified atom stereocenters. The van der Waals surface area contributed by atoms with Gasteiger partial charge in [-0.15, -0.1) is 0 Å². The molecule has 42 heavy (non-hydrogen) atoms. The Hall–Kier alpha value is -4.11. The highest BCUT2D eigenvalue weighted by Gasteiger charge is 2.26. The van der Waals surface area contributed by atoms with E-state index in [1.165, 1.54) is 12.1 Å². The third-order valence-electron chi connectivity index (χ3n) is 7.99. The number of anilines is 4. The quantitative estimate of drug-likeness (QED) is 0.255. The van der Waals surface area contributed by atoms with Crippen LogP contribution in [0.25, 0.3) is 11.3 Å². The molecule has 0 amide bonds. The van der Waals surface area contributed by atoms with Crippen LogP contribution in [0.1, 0.15) is 26.0 Å². The van der Waals surface area contributed by atoms with E-state index in [1.54, 1.807) is 0 Å². The van der Waals surface area contributed by atoms with E-state index in [9.17, 15) is 0 Å². The van der Waals surface area contributed by atoms with Crippen molar-refractivity contribution in [2.75, 3.05) is 59.3 Å². The van der Waals surface area contributed by atoms with Crippen LogP contribution in [0.2, 0.25) is 0 Å². The smallest absolute Gasteiger partial charge is 0.232 e. The first-order chi connectivity index (χ1) is 20.5. The van der Waals surface area contributed by atoms with Crippen molar-refractivity contribution in [1.29, 1.82) is 0 Å². The van der Waals surface area contributed by atoms with Gasteiger partial charge in [-0.25, -0.2) is 0 Å². The van der Waals surface area contributed by atoms with E-state index in [1.807, 2.05) is 42.5 Å². The molecule has 2 aromatic heterocycles. The van der Waals surface area contributed by atoms with Gasteiger partial charge in [0.05, 0.1) is 6.54 Å². The van der Waals surface area contributed by atoms with E-state index in [2.05, 4.69) is 75.6 Å². The van der Waals surface area contributed by atoms with Crippen molar-refractivity contribution in [3.05, 3.63) is 84.6 Å². The molecule has 2 aliphatic heterocycles. The molecule has 8 nitrogen and oxygen atoms in total. The highest BCUT2D eigenvalue weighted by atomic mass is 32.1. The molecule has 218 valence electrons. The van der Waals surface area contributed by atoms with Crippen molar-refractivity contribution in [2.24, 2.45) is 11.8 Å². The number of nitrogens with zero attached hydrogens (tertiary/aromatic N) is 5. The van der Waals surface area contributed by atoms with Crippen molar-refractivity contribution in [3.8, 4) is 11.3 Å². The molecule has 0 aliphatic carbocycles. The zero-order valence-electron chi connectivity index (χ0n) is 24.4. The van der Waals surface area contributed by atoms with Crippen molar-refractivity contribution >= 4 is 40.6 Å². The van der Waals surface area contributed by atoms with Gasteiger partial charge in [-0.2, -0.15) is 9.97 Å². The lowest BCUT2D eigenvalue weighted by Crippen LogP contribution is -2.47. The first kappa shape index (κ1) is 28.0. The van der Waals surface area contributed by atoms with Crippen LogP contribution in [0.4, 0.5) is 23.3 Å². The van der Waals surface area contributed by atoms with Crippen molar-refractivity contribution < 1.29 is 4.42 Å². The summed E-state index contributed by atoms with van der Waals surface area (Å²) >= 11 is 5.66. The van der Waals surface area contributed by atoms with E-state index in [0.717, 1.165) is 68.0 Å². The second kappa shape index (κ2) is 12.8. The molecule has 2 saturated heterocycles. The van der Waals surface area contributed by atoms with Gasteiger partial charge in [-0.05, 0) is 54.7 Å². The molecular weight excluding hydrogens is 542 g/mol. The van der Waals surface area contributed by atoms with E-state index < -0.39 is 0 Å². The Bertz CT molecular complexity index is 1460. The van der Waals surface area contributed by atoms with Gasteiger partial charge < -0.3 is 29.8 Å². The lowest BCUT2D eigenvalue weighted by atomic mass is 9.92. The summed E-state index contributed by atoms with van der Waals surface area (Å²) in [4.78, 5) is 17.1. The molecular formula is C33H39N7OS. The monoisotopic (exact) mass is 581 g/mol. The normalized spacial score (nSPS) is 19.0. The minimum absolute atomic E-state index is 0.463. The SMILES string of the molecule is CC1CC(C)CN(c2cc(N3CCN(c4ccccc4)CC3)nc(NC(=S)NCc3ccc(-c4ccccc4)o3)n2)C1. The minimum Gasteiger partial charge on any atom is -0.459 e. The Morgan fingerprint density at radius 3 is 2.12 bits per heavy atom. The fourth-order valence-electron chi connectivity index (χ4n) is 6.03. The minimum atomic E-state index is 0.463. The molecule has 4 heterocycles. The summed E-state index contributed by atoms with van der Waals surface area (Å²) in [6.45, 7) is 10.8. The predicted octanol–water partition coefficient (Wildman–Crippen LogP) is 6.03. The maximum atomic E-state index is 6.03. The number of piperazine rings is 1. The first-order valence-electron chi connectivity index (χ1n) is 14.9. The van der Waals surface area contributed by atoms with E-state index in [-0.39, 0.29) is 0 Å². The number of furan rings is 1. The maximum absolute atomic E-state index is 6.03. The fourth-order valence-corrected chi connectivity index (χ4v) is 6.19. The van der Waals surface area contributed by atoms with Gasteiger partial charge in [0, 0.05) is 56.6 Å². The summed E-state index contributed by atoms with van der Waals surface area (Å²) in [5, 5.41) is 6.98. The summed E-state index contributed by atoms with van der Waals surface area (Å²) in [5.74, 6) is 5.28. The van der Waals surface area contributed by atoms with Crippen LogP contribution in [0, 0.1) is 11.8 Å². The predicted molar refractivity (Wildman–Crippen MR) is 175 cm³/mol. The number of aromatic nitrogens is 2. The molecule has 0 spiro atoms. The Balaban J connectivity index is 1.15. The van der Waals surface area contributed by atoms with Crippen LogP contribution in [-0.2, 0) is 6.54 Å². The number of nitrogens with one attached hydrogen (secondary N) is 2. The van der Waals surface area contributed by atoms with E-state index in [4.69, 9.17) is 26.6 Å². The third kappa shape index (κ3) is 6.85. The highest BCUT2D eigenvalue weighted by Crippen LogP contribution is 2.29. The zero-order chi connectivity index (χ0) is 28.9. The fraction of sp³-hybridized carbons (Fsp3) is 0.364. The number of hydrogen-bond acceptors (Lipinski definition) is 7. The average molecular weight is 582 g/mol. The van der Waals surface area contributed by atoms with Crippen LogP contribution >= 0.6 is 12.2 Å². The van der Waals surface area contributed by atoms with Gasteiger partial charge in [0.25, 0.3) is 0 Å². The molecule has 2 atom stereocenters. The number of para-hydroxylation sites is 1. The van der Waals surface area contributed by atoms with Crippen molar-refractivity contribution in [3.63, 3.8) is 0 Å². The lowest BCUT2D eigenvalue weighted by molar-refractivity contribution is 0.355. The summed E-state index contributed by atoms with van der Waals surface area (Å²) < 4.78 is 6.03. The van der Waals surface area contributed by atoms with Crippen molar-refractivity contribution in [2.45, 2.75) is 26.8 Å². The Morgan fingerprint density at radius 1 is 0.810 bits per heavy atom. The lowest BCUT2D eigenvalue weighted by Gasteiger charge is -2.38. The molecule has 4 aromatic rings. The number of benzene rings is 2. The molecule has 2 N–H and O–H groups in total. The molecule has 0 bridgehead atoms. The number of thiocarbonyl (C=S) groups is 1. The molecule has 0 radical (unpaired) electrons. The Labute approximate surface area is 253 Å². The standard InChI is InChI=1S/C33H39N7OS/c1-24-19-25(2)23-40(22-24)31-20-30(39-17-15-38(16-18-39)27-11-7-4-8-12-27)35-32(36-31)37-33(42)34-21-28-13-14-29(41-28)26-9-5-3-6-10-26/h3-14,20,24-25H,15-19,21-23H2,1-2H3,(H2,34,35,36,37,42). The number of piperidine rings is 1. The van der Waals surface area contributed by atoms with Gasteiger partial charge in [-0.3, -0.25) is 0 Å². The highest BCUT2D eigenvalue weighted by molar-refractivity contribution is 7.80. The van der Waals surface area contributed by atoms with Gasteiger partial charge in [-0.1, -0.05) is 62.4 Å². The molecule has 2 fully saturated rings. The average Bonchev–Trinajstić information content (AvgIpc) is 3.50. The van der Waals surface area contributed by atoms with Gasteiger partial charge in [0.2, 0.25) is 5.95 Å². The van der Waals surface area contributed by atoms with Crippen LogP contribution in [0.5, 0.6) is 0 Å². The summed E-state index contributed by atoms with van der Waals surface area (Å²) in [7, 11) is 0. The van der Waals surface area contributed by atoms with Gasteiger partial charge >= 0.3 is 0 Å². The van der Waals surface area contributed by atoms with Crippen LogP contribution in [-0.4, -0.2) is 54.3 Å². The van der Waals surface area contributed by atoms with Crippen molar-refractivity contribution in [1.82, 2.24) is 15.3 Å². The third-order valence-corrected chi connectivity index (χ3v) is 8.23. The second-order valence-electron chi connectivity index (χ2n) is 11.5. The second-order valence-corrected chi connectivity index (χ2v) is 11.9. The van der Waals surface area contributed by atoms with Crippen LogP contribution in [0.3, 0.4) is 0 Å². The van der Waals surface area contributed by atoms with Gasteiger partial charge in [0.15, 0.2) is 5.11 Å². The number of hydrogen-bond donors (Lipinski definition) is 2. The zero-order valence-corrected chi connectivity index (χ0v) is 25.2. The molecule has 2 aromatic carbocycles. The first-order valence-corrected chi connectivity index (χ1v) is 15.3. The Kier molecular flexibility index (Phi) is 8.55. The molecule has 9 heteroatoms.